The summed E-state index contributed by atoms with van der Waals surface area (Å²) in [7, 11) is 0. The molecular formula is C123H78O2. The standard InChI is InChI=1S/C46H28O.C45H30.C32H20O/c1-2-14-29(15-3-1)43-34-20-8-10-22-36(34)44(37-23-11-9-21-35(37)43)39-26-27-42-46(38-24-12-13-25-41(38)47-42)45(39)40-28-30-16-4-5-17-31(30)32-18-6-7-19-33(32)40;1-3-15-30(16-4-1)34-20-9-10-22-36(34)45-41(28-27-33-29-32-19-7-8-21-35(32)43(33)45)44-39-25-13-11-23-37(39)42(31-17-5-2-6-18-31)38-24-12-14-26-40(38)44;1-2-10-21(11-3-1)31-24-13-4-6-15-26(24)32(27-16-7-5-14-25(27)31)22-18-19-30-28(20-22)23-12-8-9-17-29(23)33-30/h1-28H;1-28H,29H2;1-20H/i8D,9D,10D,11D,20D,21D,22D,23D;11D,12D,13D,14D,23D,24D,25D,26D;4D,5D,6D,7D,13D,14D,15D,16D. The summed E-state index contributed by atoms with van der Waals surface area (Å²) >= 11 is 0. The van der Waals surface area contributed by atoms with Crippen molar-refractivity contribution in [3.63, 3.8) is 0 Å². The van der Waals surface area contributed by atoms with Crippen molar-refractivity contribution in [2.24, 2.45) is 0 Å². The van der Waals surface area contributed by atoms with E-state index in [-0.39, 0.29) is 137 Å². The SMILES string of the molecule is [2H]c1c([2H])c([2H])c2c(-c3ccc4c(c3-c3ccccc3-c3ccccc3)-c3ccccc3C4)c3c([2H])c([2H])c([2H])c([2H])c3c(-c3ccccc3)c2c1[2H].[2H]c1c([2H])c([2H])c2c(-c3ccc4oc5ccccc5c4c3)c3c([2H])c([2H])c([2H])c([2H])c3c(-c3ccccc3)c2c1[2H].[2H]c1c([2H])c([2H])c2c(-c3ccc4oc5ccccc5c4c3-c3cc4ccccc4c4ccccc34)c3c([2H])c([2H])c([2H])c([2H])c3c(-c3ccccc3)c2c1[2H]. The molecule has 1 aliphatic carbocycles. The van der Waals surface area contributed by atoms with Crippen LogP contribution in [0.2, 0.25) is 0 Å². The Morgan fingerprint density at radius 2 is 0.520 bits per heavy atom. The van der Waals surface area contributed by atoms with E-state index in [0.717, 1.165) is 98.7 Å². The van der Waals surface area contributed by atoms with E-state index in [1.165, 1.54) is 0 Å². The van der Waals surface area contributed by atoms with E-state index in [0.29, 0.717) is 95.5 Å². The van der Waals surface area contributed by atoms with Gasteiger partial charge in [-0.2, -0.15) is 0 Å². The highest BCUT2D eigenvalue weighted by atomic mass is 16.3. The number of hydrogen-bond acceptors (Lipinski definition) is 2. The second kappa shape index (κ2) is 30.5. The van der Waals surface area contributed by atoms with Crippen LogP contribution in [0, 0.1) is 0 Å². The quantitative estimate of drug-likeness (QED) is 0.106. The van der Waals surface area contributed by atoms with Gasteiger partial charge in [0.1, 0.15) is 22.3 Å². The lowest BCUT2D eigenvalue weighted by molar-refractivity contribution is 0.668. The van der Waals surface area contributed by atoms with E-state index < -0.39 is 72.5 Å². The number of furan rings is 2. The molecule has 0 fully saturated rings. The summed E-state index contributed by atoms with van der Waals surface area (Å²) < 4.78 is 229. The molecule has 26 rings (SSSR count). The van der Waals surface area contributed by atoms with Crippen molar-refractivity contribution in [3.05, 3.63) is 472 Å². The van der Waals surface area contributed by atoms with Gasteiger partial charge in [-0.15, -0.1) is 0 Å². The van der Waals surface area contributed by atoms with Gasteiger partial charge in [-0.1, -0.05) is 418 Å². The molecule has 23 aromatic carbocycles. The van der Waals surface area contributed by atoms with Gasteiger partial charge in [-0.05, 0) is 252 Å². The molecule has 0 N–H and O–H groups in total. The molecule has 0 unspecified atom stereocenters. The first-order valence-corrected chi connectivity index (χ1v) is 41.3. The molecule has 0 atom stereocenters. The van der Waals surface area contributed by atoms with Gasteiger partial charge >= 0.3 is 0 Å². The molecule has 2 aromatic heterocycles. The average Bonchev–Trinajstić information content (AvgIpc) is 1.54. The minimum atomic E-state index is -0.439. The molecule has 25 aromatic rings. The Bertz CT molecular complexity index is 9930. The largest absolute Gasteiger partial charge is 0.456 e. The van der Waals surface area contributed by atoms with Crippen molar-refractivity contribution >= 4 is 130 Å². The van der Waals surface area contributed by atoms with Crippen molar-refractivity contribution in [2.45, 2.75) is 6.42 Å². The Morgan fingerprint density at radius 3 is 1.03 bits per heavy atom. The van der Waals surface area contributed by atoms with Gasteiger partial charge in [0, 0.05) is 27.1 Å². The van der Waals surface area contributed by atoms with Crippen LogP contribution in [0.15, 0.2) is 469 Å². The summed E-state index contributed by atoms with van der Waals surface area (Å²) in [4.78, 5) is 0. The second-order valence-electron chi connectivity index (χ2n) is 31.1. The lowest BCUT2D eigenvalue weighted by Crippen LogP contribution is -1.96. The minimum absolute atomic E-state index is 0.167. The highest BCUT2D eigenvalue weighted by Crippen LogP contribution is 2.56. The third kappa shape index (κ3) is 12.2. The molecule has 0 spiro atoms. The Hall–Kier alpha value is -16.3. The maximum Gasteiger partial charge on any atom is 0.136 e. The fourth-order valence-electron chi connectivity index (χ4n) is 19.1. The van der Waals surface area contributed by atoms with Crippen LogP contribution >= 0.6 is 0 Å². The van der Waals surface area contributed by atoms with E-state index in [1.54, 1.807) is 60.7 Å². The highest BCUT2D eigenvalue weighted by molar-refractivity contribution is 6.30. The summed E-state index contributed by atoms with van der Waals surface area (Å²) in [5, 5.41) is 9.59. The molecule has 0 saturated heterocycles. The maximum absolute atomic E-state index is 9.55. The predicted molar refractivity (Wildman–Crippen MR) is 531 cm³/mol. The van der Waals surface area contributed by atoms with Crippen LogP contribution in [0.5, 0.6) is 0 Å². The Balaban J connectivity index is 0.000000120. The molecule has 1 aliphatic rings. The van der Waals surface area contributed by atoms with Crippen LogP contribution in [0.4, 0.5) is 0 Å². The molecule has 2 heteroatoms. The van der Waals surface area contributed by atoms with Gasteiger partial charge in [0.25, 0.3) is 0 Å². The lowest BCUT2D eigenvalue weighted by atomic mass is 9.80. The van der Waals surface area contributed by atoms with Crippen LogP contribution < -0.4 is 0 Å². The summed E-state index contributed by atoms with van der Waals surface area (Å²) in [6.07, 6.45) is 0.708. The first-order valence-electron chi connectivity index (χ1n) is 53.3. The fourth-order valence-corrected chi connectivity index (χ4v) is 19.1. The van der Waals surface area contributed by atoms with Gasteiger partial charge in [0.2, 0.25) is 0 Å². The Kier molecular flexibility index (Phi) is 12.7. The number of benzene rings is 23. The van der Waals surface area contributed by atoms with E-state index in [4.69, 9.17) is 30.8 Å². The summed E-state index contributed by atoms with van der Waals surface area (Å²) in [5.41, 5.74) is 17.6. The second-order valence-corrected chi connectivity index (χ2v) is 31.1. The third-order valence-corrected chi connectivity index (χ3v) is 24.3. The molecule has 0 bridgehead atoms. The molecule has 0 saturated carbocycles. The van der Waals surface area contributed by atoms with Crippen molar-refractivity contribution in [3.8, 4) is 111 Å². The smallest absolute Gasteiger partial charge is 0.136 e. The molecule has 0 aliphatic heterocycles. The van der Waals surface area contributed by atoms with Gasteiger partial charge in [-0.3, -0.25) is 0 Å². The van der Waals surface area contributed by atoms with Crippen molar-refractivity contribution in [2.75, 3.05) is 0 Å². The molecular weight excluding hydrogens is 1510 g/mol. The molecule has 0 amide bonds. The van der Waals surface area contributed by atoms with Crippen molar-refractivity contribution < 1.29 is 41.7 Å². The van der Waals surface area contributed by atoms with Crippen LogP contribution in [-0.2, 0) is 6.42 Å². The number of rotatable bonds is 9. The van der Waals surface area contributed by atoms with Gasteiger partial charge in [0.15, 0.2) is 0 Å². The first-order chi connectivity index (χ1) is 72.1. The monoisotopic (exact) mass is 1610 g/mol. The zero-order chi connectivity index (χ0) is 103. The van der Waals surface area contributed by atoms with Crippen LogP contribution in [0.25, 0.3) is 241 Å². The maximum atomic E-state index is 9.55. The van der Waals surface area contributed by atoms with E-state index in [2.05, 4.69) is 72.8 Å². The Labute approximate surface area is 757 Å². The van der Waals surface area contributed by atoms with Gasteiger partial charge in [0.05, 0.1) is 32.9 Å². The fraction of sp³-hybridized carbons (Fsp3) is 0.00813. The van der Waals surface area contributed by atoms with E-state index >= 15 is 0 Å². The molecule has 125 heavy (non-hydrogen) atoms. The summed E-state index contributed by atoms with van der Waals surface area (Å²) in [5.74, 6) is 0. The van der Waals surface area contributed by atoms with Crippen LogP contribution in [0.3, 0.4) is 0 Å². The predicted octanol–water partition coefficient (Wildman–Crippen LogP) is 34.7. The normalized spacial score (nSPS) is 14.5. The van der Waals surface area contributed by atoms with Gasteiger partial charge < -0.3 is 8.83 Å². The van der Waals surface area contributed by atoms with Crippen molar-refractivity contribution in [1.29, 1.82) is 0 Å². The van der Waals surface area contributed by atoms with Crippen LogP contribution in [-0.4, -0.2) is 0 Å². The van der Waals surface area contributed by atoms with Crippen LogP contribution in [0.1, 0.15) is 44.0 Å². The number of para-hydroxylation sites is 2. The zero-order valence-corrected chi connectivity index (χ0v) is 66.5. The summed E-state index contributed by atoms with van der Waals surface area (Å²) in [6.45, 7) is 0. The Morgan fingerprint density at radius 1 is 0.168 bits per heavy atom. The molecule has 582 valence electrons. The van der Waals surface area contributed by atoms with Crippen molar-refractivity contribution in [1.82, 2.24) is 0 Å². The van der Waals surface area contributed by atoms with E-state index in [1.807, 2.05) is 182 Å². The lowest BCUT2D eigenvalue weighted by Gasteiger charge is -2.23. The number of hydrogen-bond donors (Lipinski definition) is 0. The minimum Gasteiger partial charge on any atom is -0.456 e. The molecule has 2 nitrogen and oxygen atoms in total. The topological polar surface area (TPSA) is 26.3 Å². The molecule has 0 radical (unpaired) electrons. The first kappa shape index (κ1) is 52.0. The molecule has 2 heterocycles. The average molecular weight is 1610 g/mol. The van der Waals surface area contributed by atoms with E-state index in [9.17, 15) is 11.0 Å². The summed E-state index contributed by atoms with van der Waals surface area (Å²) in [6, 6.07) is 92.0. The van der Waals surface area contributed by atoms with Gasteiger partial charge in [-0.25, -0.2) is 0 Å². The third-order valence-electron chi connectivity index (χ3n) is 24.3. The zero-order valence-electron chi connectivity index (χ0n) is 90.5. The highest BCUT2D eigenvalue weighted by Gasteiger charge is 2.30. The number of fused-ring (bicyclic) bond motifs is 18.